The molecule has 1 aromatic heterocycles. The van der Waals surface area contributed by atoms with E-state index in [-0.39, 0.29) is 12.4 Å². The summed E-state index contributed by atoms with van der Waals surface area (Å²) >= 11 is 3.45. The third-order valence-corrected chi connectivity index (χ3v) is 3.23. The van der Waals surface area contributed by atoms with Gasteiger partial charge in [0, 0.05) is 11.8 Å². The van der Waals surface area contributed by atoms with Gasteiger partial charge in [-0.25, -0.2) is 4.39 Å². The molecule has 2 aromatic rings. The number of aromatic nitrogens is 1. The lowest BCUT2D eigenvalue weighted by molar-refractivity contribution is 0.300. The molecule has 0 spiro atoms. The molecule has 3 nitrogen and oxygen atoms in total. The van der Waals surface area contributed by atoms with Gasteiger partial charge in [0.1, 0.15) is 18.2 Å². The topological polar surface area (TPSA) is 48.1 Å². The molecule has 100 valence electrons. The van der Waals surface area contributed by atoms with Gasteiger partial charge >= 0.3 is 0 Å². The van der Waals surface area contributed by atoms with Crippen LogP contribution in [-0.2, 0) is 13.0 Å². The molecule has 19 heavy (non-hydrogen) atoms. The Labute approximate surface area is 119 Å². The number of nitrogens with two attached hydrogens (primary N) is 1. The molecule has 0 aliphatic heterocycles. The number of benzene rings is 1. The van der Waals surface area contributed by atoms with Crippen LogP contribution in [-0.4, -0.2) is 11.5 Å². The smallest absolute Gasteiger partial charge is 0.141 e. The third-order valence-electron chi connectivity index (χ3n) is 2.61. The quantitative estimate of drug-likeness (QED) is 0.919. The summed E-state index contributed by atoms with van der Waals surface area (Å²) in [6.07, 6.45) is 3.49. The Morgan fingerprint density at radius 3 is 2.89 bits per heavy atom. The van der Waals surface area contributed by atoms with Gasteiger partial charge in [0.05, 0.1) is 10.7 Å². The predicted octanol–water partition coefficient (Wildman–Crippen LogP) is 3.06. The van der Waals surface area contributed by atoms with Gasteiger partial charge in [-0.05, 0) is 46.6 Å². The van der Waals surface area contributed by atoms with Gasteiger partial charge in [0.15, 0.2) is 0 Å². The van der Waals surface area contributed by atoms with Crippen molar-refractivity contribution in [3.63, 3.8) is 0 Å². The molecular formula is C14H14BrFN2O. The summed E-state index contributed by atoms with van der Waals surface area (Å²) in [6, 6.07) is 7.22. The second-order valence-electron chi connectivity index (χ2n) is 4.07. The molecule has 5 heteroatoms. The first-order chi connectivity index (χ1) is 9.20. The van der Waals surface area contributed by atoms with E-state index in [0.29, 0.717) is 12.1 Å². The van der Waals surface area contributed by atoms with Gasteiger partial charge in [-0.15, -0.1) is 0 Å². The van der Waals surface area contributed by atoms with Crippen LogP contribution < -0.4 is 10.5 Å². The lowest BCUT2D eigenvalue weighted by Crippen LogP contribution is -2.06. The normalized spacial score (nSPS) is 10.5. The van der Waals surface area contributed by atoms with Crippen molar-refractivity contribution >= 4 is 15.9 Å². The van der Waals surface area contributed by atoms with Gasteiger partial charge in [-0.2, -0.15) is 0 Å². The molecule has 2 N–H and O–H groups in total. The lowest BCUT2D eigenvalue weighted by atomic mass is 10.1. The van der Waals surface area contributed by atoms with Crippen LogP contribution in [0.3, 0.4) is 0 Å². The molecule has 0 aliphatic rings. The van der Waals surface area contributed by atoms with Gasteiger partial charge in [-0.1, -0.05) is 12.1 Å². The maximum atomic E-state index is 13.0. The van der Waals surface area contributed by atoms with Crippen molar-refractivity contribution in [2.45, 2.75) is 13.0 Å². The molecule has 0 aliphatic carbocycles. The monoisotopic (exact) mass is 324 g/mol. The average Bonchev–Trinajstić information content (AvgIpc) is 2.38. The predicted molar refractivity (Wildman–Crippen MR) is 75.4 cm³/mol. The maximum absolute atomic E-state index is 13.0. The molecule has 0 atom stereocenters. The van der Waals surface area contributed by atoms with E-state index in [2.05, 4.69) is 20.9 Å². The molecule has 0 saturated carbocycles. The van der Waals surface area contributed by atoms with Crippen molar-refractivity contribution < 1.29 is 9.13 Å². The van der Waals surface area contributed by atoms with Gasteiger partial charge in [-0.3, -0.25) is 4.98 Å². The number of hydrogen-bond acceptors (Lipinski definition) is 3. The molecule has 2 rings (SSSR count). The van der Waals surface area contributed by atoms with Crippen LogP contribution in [0, 0.1) is 5.82 Å². The SMILES string of the molecule is NCCc1cccc(Br)c1OCc1cncc(F)c1. The zero-order chi connectivity index (χ0) is 13.7. The molecule has 1 heterocycles. The highest BCUT2D eigenvalue weighted by Gasteiger charge is 2.08. The van der Waals surface area contributed by atoms with Gasteiger partial charge < -0.3 is 10.5 Å². The van der Waals surface area contributed by atoms with Crippen LogP contribution in [0.1, 0.15) is 11.1 Å². The van der Waals surface area contributed by atoms with Crippen molar-refractivity contribution in [1.29, 1.82) is 0 Å². The van der Waals surface area contributed by atoms with Crippen LogP contribution in [0.5, 0.6) is 5.75 Å². The standard InChI is InChI=1S/C14H14BrFN2O/c15-13-3-1-2-11(4-5-17)14(13)19-9-10-6-12(16)8-18-7-10/h1-3,6-8H,4-5,9,17H2. The van der Waals surface area contributed by atoms with E-state index in [1.54, 1.807) is 6.20 Å². The lowest BCUT2D eigenvalue weighted by Gasteiger charge is -2.12. The fourth-order valence-electron chi connectivity index (χ4n) is 1.76. The highest BCUT2D eigenvalue weighted by molar-refractivity contribution is 9.10. The summed E-state index contributed by atoms with van der Waals surface area (Å²) in [4.78, 5) is 3.79. The van der Waals surface area contributed by atoms with Crippen LogP contribution in [0.15, 0.2) is 41.1 Å². The minimum Gasteiger partial charge on any atom is -0.487 e. The number of ether oxygens (including phenoxy) is 1. The fourth-order valence-corrected chi connectivity index (χ4v) is 2.28. The first kappa shape index (κ1) is 14.0. The fraction of sp³-hybridized carbons (Fsp3) is 0.214. The van der Waals surface area contributed by atoms with E-state index in [4.69, 9.17) is 10.5 Å². The van der Waals surface area contributed by atoms with Crippen molar-refractivity contribution in [3.8, 4) is 5.75 Å². The highest BCUT2D eigenvalue weighted by atomic mass is 79.9. The van der Waals surface area contributed by atoms with Crippen molar-refractivity contribution in [1.82, 2.24) is 4.98 Å². The van der Waals surface area contributed by atoms with E-state index < -0.39 is 0 Å². The van der Waals surface area contributed by atoms with Crippen molar-refractivity contribution in [2.24, 2.45) is 5.73 Å². The zero-order valence-electron chi connectivity index (χ0n) is 10.3. The molecule has 0 bridgehead atoms. The molecule has 0 fully saturated rings. The first-order valence-corrected chi connectivity index (χ1v) is 6.69. The van der Waals surface area contributed by atoms with Crippen LogP contribution in [0.25, 0.3) is 0 Å². The van der Waals surface area contributed by atoms with E-state index >= 15 is 0 Å². The molecular weight excluding hydrogens is 311 g/mol. The summed E-state index contributed by atoms with van der Waals surface area (Å²) in [5.74, 6) is 0.382. The number of hydrogen-bond donors (Lipinski definition) is 1. The summed E-state index contributed by atoms with van der Waals surface area (Å²) in [5, 5.41) is 0. The summed E-state index contributed by atoms with van der Waals surface area (Å²) in [6.45, 7) is 0.819. The minimum atomic E-state index is -0.365. The van der Waals surface area contributed by atoms with Gasteiger partial charge in [0.25, 0.3) is 0 Å². The van der Waals surface area contributed by atoms with E-state index in [0.717, 1.165) is 22.2 Å². The zero-order valence-corrected chi connectivity index (χ0v) is 11.9. The summed E-state index contributed by atoms with van der Waals surface area (Å²) in [7, 11) is 0. The van der Waals surface area contributed by atoms with Crippen LogP contribution in [0.4, 0.5) is 4.39 Å². The van der Waals surface area contributed by atoms with E-state index in [1.807, 2.05) is 18.2 Å². The third kappa shape index (κ3) is 3.75. The number of rotatable bonds is 5. The Morgan fingerprint density at radius 2 is 2.16 bits per heavy atom. The van der Waals surface area contributed by atoms with E-state index in [1.165, 1.54) is 12.3 Å². The average molecular weight is 325 g/mol. The molecule has 0 amide bonds. The summed E-state index contributed by atoms with van der Waals surface area (Å²) in [5.41, 5.74) is 7.29. The second kappa shape index (κ2) is 6.63. The Balaban J connectivity index is 2.14. The van der Waals surface area contributed by atoms with Crippen LogP contribution >= 0.6 is 15.9 Å². The Hall–Kier alpha value is -1.46. The Morgan fingerprint density at radius 1 is 1.32 bits per heavy atom. The number of halogens is 2. The largest absolute Gasteiger partial charge is 0.487 e. The van der Waals surface area contributed by atoms with Gasteiger partial charge in [0.2, 0.25) is 0 Å². The van der Waals surface area contributed by atoms with Crippen molar-refractivity contribution in [3.05, 3.63) is 58.1 Å². The summed E-state index contributed by atoms with van der Waals surface area (Å²) < 4.78 is 19.6. The maximum Gasteiger partial charge on any atom is 0.141 e. The molecule has 0 radical (unpaired) electrons. The highest BCUT2D eigenvalue weighted by Crippen LogP contribution is 2.30. The van der Waals surface area contributed by atoms with E-state index in [9.17, 15) is 4.39 Å². The number of nitrogens with zero attached hydrogens (tertiary/aromatic N) is 1. The number of pyridine rings is 1. The molecule has 1 aromatic carbocycles. The first-order valence-electron chi connectivity index (χ1n) is 5.90. The molecule has 0 saturated heterocycles. The second-order valence-corrected chi connectivity index (χ2v) is 4.92. The Bertz CT molecular complexity index is 563. The molecule has 0 unspecified atom stereocenters. The number of para-hydroxylation sites is 1. The Kier molecular flexibility index (Phi) is 4.87. The van der Waals surface area contributed by atoms with Crippen LogP contribution in [0.2, 0.25) is 0 Å². The minimum absolute atomic E-state index is 0.269. The van der Waals surface area contributed by atoms with Crippen molar-refractivity contribution in [2.75, 3.05) is 6.54 Å².